The van der Waals surface area contributed by atoms with E-state index in [1.54, 1.807) is 42.3 Å². The summed E-state index contributed by atoms with van der Waals surface area (Å²) in [5.41, 5.74) is 3.45. The smallest absolute Gasteiger partial charge is 0.261 e. The van der Waals surface area contributed by atoms with Gasteiger partial charge in [0.25, 0.3) is 10.0 Å². The number of rotatable bonds is 5. The lowest BCUT2D eigenvalue weighted by Crippen LogP contribution is -2.31. The number of nitrogens with zero attached hydrogens (tertiary/aromatic N) is 1. The normalized spacial score (nSPS) is 14.3. The van der Waals surface area contributed by atoms with Crippen molar-refractivity contribution in [2.75, 3.05) is 16.7 Å². The maximum absolute atomic E-state index is 12.6. The van der Waals surface area contributed by atoms with Crippen LogP contribution < -0.4 is 9.62 Å². The predicted molar refractivity (Wildman–Crippen MR) is 99.4 cm³/mol. The third-order valence-corrected chi connectivity index (χ3v) is 5.84. The van der Waals surface area contributed by atoms with Gasteiger partial charge in [0.1, 0.15) is 0 Å². The van der Waals surface area contributed by atoms with Gasteiger partial charge in [0.05, 0.1) is 4.90 Å². The summed E-state index contributed by atoms with van der Waals surface area (Å²) >= 11 is 0. The number of anilines is 2. The summed E-state index contributed by atoms with van der Waals surface area (Å²) in [7, 11) is -1.89. The number of carbonyl (C=O) groups excluding carboxylic acids is 1. The quantitative estimate of drug-likeness (QED) is 0.891. The van der Waals surface area contributed by atoms with Crippen LogP contribution in [0.3, 0.4) is 0 Å². The number of hydrogen-bond donors (Lipinski definition) is 1. The molecule has 0 bridgehead atoms. The standard InChI is InChI=1S/C19H22N2O3S/c1-3-4-14-5-9-17(10-6-14)25(23,24)20-16-8-11-18-15(13-16)7-12-19(22)21(18)2/h5-6,8-11,13,20H,3-4,7,12H2,1-2H3. The number of hydrogen-bond acceptors (Lipinski definition) is 3. The molecular formula is C19H22N2O3S. The molecule has 1 aliphatic rings. The van der Waals surface area contributed by atoms with E-state index in [-0.39, 0.29) is 10.8 Å². The Morgan fingerprint density at radius 3 is 2.48 bits per heavy atom. The Labute approximate surface area is 148 Å². The van der Waals surface area contributed by atoms with Gasteiger partial charge < -0.3 is 4.90 Å². The molecule has 0 aliphatic carbocycles. The van der Waals surface area contributed by atoms with Crippen LogP contribution >= 0.6 is 0 Å². The number of amides is 1. The molecule has 132 valence electrons. The largest absolute Gasteiger partial charge is 0.315 e. The van der Waals surface area contributed by atoms with Crippen molar-refractivity contribution in [1.82, 2.24) is 0 Å². The Balaban J connectivity index is 1.82. The summed E-state index contributed by atoms with van der Waals surface area (Å²) in [6, 6.07) is 12.3. The highest BCUT2D eigenvalue weighted by Crippen LogP contribution is 2.30. The van der Waals surface area contributed by atoms with Gasteiger partial charge in [-0.1, -0.05) is 25.5 Å². The zero-order valence-electron chi connectivity index (χ0n) is 14.5. The summed E-state index contributed by atoms with van der Waals surface area (Å²) in [5.74, 6) is 0.0769. The van der Waals surface area contributed by atoms with Crippen molar-refractivity contribution in [2.24, 2.45) is 0 Å². The molecule has 0 atom stereocenters. The Hall–Kier alpha value is -2.34. The van der Waals surface area contributed by atoms with Gasteiger partial charge >= 0.3 is 0 Å². The monoisotopic (exact) mass is 358 g/mol. The Morgan fingerprint density at radius 2 is 1.80 bits per heavy atom. The van der Waals surface area contributed by atoms with E-state index in [0.29, 0.717) is 18.5 Å². The minimum Gasteiger partial charge on any atom is -0.315 e. The van der Waals surface area contributed by atoms with Crippen molar-refractivity contribution in [3.05, 3.63) is 53.6 Å². The first kappa shape index (κ1) is 17.5. The fourth-order valence-electron chi connectivity index (χ4n) is 3.06. The maximum atomic E-state index is 12.6. The van der Waals surface area contributed by atoms with Crippen LogP contribution in [0.5, 0.6) is 0 Å². The topological polar surface area (TPSA) is 66.5 Å². The molecular weight excluding hydrogens is 336 g/mol. The molecule has 0 saturated heterocycles. The van der Waals surface area contributed by atoms with E-state index in [1.807, 2.05) is 12.1 Å². The van der Waals surface area contributed by atoms with Crippen molar-refractivity contribution >= 4 is 27.3 Å². The molecule has 0 unspecified atom stereocenters. The third-order valence-electron chi connectivity index (χ3n) is 4.45. The second kappa shape index (κ2) is 6.88. The van der Waals surface area contributed by atoms with E-state index in [2.05, 4.69) is 11.6 Å². The van der Waals surface area contributed by atoms with Gasteiger partial charge in [0.15, 0.2) is 0 Å². The number of aryl methyl sites for hydroxylation is 2. The van der Waals surface area contributed by atoms with E-state index in [9.17, 15) is 13.2 Å². The Bertz CT molecular complexity index is 889. The fourth-order valence-corrected chi connectivity index (χ4v) is 4.11. The lowest BCUT2D eigenvalue weighted by molar-refractivity contribution is -0.118. The average Bonchev–Trinajstić information content (AvgIpc) is 2.59. The van der Waals surface area contributed by atoms with E-state index in [4.69, 9.17) is 0 Å². The van der Waals surface area contributed by atoms with Crippen molar-refractivity contribution in [1.29, 1.82) is 0 Å². The Morgan fingerprint density at radius 1 is 1.08 bits per heavy atom. The highest BCUT2D eigenvalue weighted by molar-refractivity contribution is 7.92. The van der Waals surface area contributed by atoms with Gasteiger partial charge in [0, 0.05) is 24.8 Å². The van der Waals surface area contributed by atoms with Crippen LogP contribution in [0.25, 0.3) is 0 Å². The predicted octanol–water partition coefficient (Wildman–Crippen LogP) is 3.35. The van der Waals surface area contributed by atoms with E-state index >= 15 is 0 Å². The first-order valence-corrected chi connectivity index (χ1v) is 9.90. The number of nitrogens with one attached hydrogen (secondary N) is 1. The maximum Gasteiger partial charge on any atom is 0.261 e. The minimum atomic E-state index is -3.63. The summed E-state index contributed by atoms with van der Waals surface area (Å²) in [6.45, 7) is 2.09. The van der Waals surface area contributed by atoms with Gasteiger partial charge in [-0.05, 0) is 54.3 Å². The van der Waals surface area contributed by atoms with Crippen LogP contribution in [-0.4, -0.2) is 21.4 Å². The highest BCUT2D eigenvalue weighted by atomic mass is 32.2. The zero-order chi connectivity index (χ0) is 18.0. The van der Waals surface area contributed by atoms with Crippen LogP contribution in [0.4, 0.5) is 11.4 Å². The first-order valence-electron chi connectivity index (χ1n) is 8.42. The summed E-state index contributed by atoms with van der Waals surface area (Å²) in [4.78, 5) is 13.6. The first-order chi connectivity index (χ1) is 11.9. The molecule has 1 heterocycles. The second-order valence-electron chi connectivity index (χ2n) is 6.30. The van der Waals surface area contributed by atoms with Gasteiger partial charge in [-0.2, -0.15) is 0 Å². The van der Waals surface area contributed by atoms with Crippen LogP contribution in [-0.2, 0) is 27.7 Å². The molecule has 6 heteroatoms. The summed E-state index contributed by atoms with van der Waals surface area (Å²) in [6.07, 6.45) is 3.03. The van der Waals surface area contributed by atoms with Gasteiger partial charge in [-0.3, -0.25) is 9.52 Å². The van der Waals surface area contributed by atoms with Crippen LogP contribution in [0, 0.1) is 0 Å². The number of carbonyl (C=O) groups is 1. The second-order valence-corrected chi connectivity index (χ2v) is 7.98. The third kappa shape index (κ3) is 3.69. The molecule has 25 heavy (non-hydrogen) atoms. The molecule has 1 N–H and O–H groups in total. The lowest BCUT2D eigenvalue weighted by atomic mass is 10.0. The van der Waals surface area contributed by atoms with E-state index < -0.39 is 10.0 Å². The molecule has 0 radical (unpaired) electrons. The summed E-state index contributed by atoms with van der Waals surface area (Å²) < 4.78 is 27.8. The molecule has 5 nitrogen and oxygen atoms in total. The number of sulfonamides is 1. The number of benzene rings is 2. The molecule has 1 aliphatic heterocycles. The lowest BCUT2D eigenvalue weighted by Gasteiger charge is -2.26. The molecule has 3 rings (SSSR count). The fraction of sp³-hybridized carbons (Fsp3) is 0.316. The van der Waals surface area contributed by atoms with Gasteiger partial charge in [-0.15, -0.1) is 0 Å². The molecule has 0 spiro atoms. The van der Waals surface area contributed by atoms with Gasteiger partial charge in [-0.25, -0.2) is 8.42 Å². The highest BCUT2D eigenvalue weighted by Gasteiger charge is 2.22. The van der Waals surface area contributed by atoms with Crippen LogP contribution in [0.2, 0.25) is 0 Å². The molecule has 0 aromatic heterocycles. The average molecular weight is 358 g/mol. The van der Waals surface area contributed by atoms with Crippen molar-refractivity contribution in [2.45, 2.75) is 37.5 Å². The zero-order valence-corrected chi connectivity index (χ0v) is 15.3. The van der Waals surface area contributed by atoms with Crippen LogP contribution in [0.15, 0.2) is 47.4 Å². The molecule has 1 amide bonds. The van der Waals surface area contributed by atoms with E-state index in [0.717, 1.165) is 29.7 Å². The van der Waals surface area contributed by atoms with Gasteiger partial charge in [0.2, 0.25) is 5.91 Å². The molecule has 2 aromatic carbocycles. The van der Waals surface area contributed by atoms with Crippen molar-refractivity contribution in [3.63, 3.8) is 0 Å². The molecule has 2 aromatic rings. The van der Waals surface area contributed by atoms with Crippen molar-refractivity contribution in [3.8, 4) is 0 Å². The van der Waals surface area contributed by atoms with E-state index in [1.165, 1.54) is 0 Å². The minimum absolute atomic E-state index is 0.0769. The number of fused-ring (bicyclic) bond motifs is 1. The Kier molecular flexibility index (Phi) is 4.81. The van der Waals surface area contributed by atoms with Crippen molar-refractivity contribution < 1.29 is 13.2 Å². The molecule has 0 fully saturated rings. The SMILES string of the molecule is CCCc1ccc(S(=O)(=O)Nc2ccc3c(c2)CCC(=O)N3C)cc1. The van der Waals surface area contributed by atoms with Crippen LogP contribution in [0.1, 0.15) is 30.9 Å². The summed E-state index contributed by atoms with van der Waals surface area (Å²) in [5, 5.41) is 0. The molecule has 0 saturated carbocycles.